The van der Waals surface area contributed by atoms with Gasteiger partial charge in [-0.2, -0.15) is 29.9 Å². The monoisotopic (exact) mass is 796 g/mol. The van der Waals surface area contributed by atoms with Gasteiger partial charge in [0.15, 0.2) is 50.5 Å². The van der Waals surface area contributed by atoms with Gasteiger partial charge in [0.25, 0.3) is 5.56 Å². The van der Waals surface area contributed by atoms with E-state index in [0.717, 1.165) is 16.8 Å². The number of aryl methyl sites for hydroxylation is 4. The van der Waals surface area contributed by atoms with Crippen LogP contribution in [0.15, 0.2) is 49.0 Å². The summed E-state index contributed by atoms with van der Waals surface area (Å²) >= 11 is 5.77. The second-order valence-electron chi connectivity index (χ2n) is 11.5. The van der Waals surface area contributed by atoms with Gasteiger partial charge in [-0.3, -0.25) is 9.78 Å². The molecule has 0 radical (unpaired) electrons. The summed E-state index contributed by atoms with van der Waals surface area (Å²) in [5.74, 6) is 1.44. The van der Waals surface area contributed by atoms with Crippen molar-refractivity contribution in [3.8, 4) is 0 Å². The number of nitrogens with two attached hydrogens (primary N) is 6. The van der Waals surface area contributed by atoms with Crippen LogP contribution in [0.3, 0.4) is 0 Å². The van der Waals surface area contributed by atoms with Gasteiger partial charge in [0, 0.05) is 28.2 Å². The first-order chi connectivity index (χ1) is 27.2. The first-order valence-corrected chi connectivity index (χ1v) is 16.3. The molecule has 27 nitrogen and oxygen atoms in total. The van der Waals surface area contributed by atoms with E-state index in [1.165, 1.54) is 19.0 Å². The van der Waals surface area contributed by atoms with Crippen molar-refractivity contribution in [2.75, 3.05) is 34.4 Å². The molecule has 292 valence electrons. The van der Waals surface area contributed by atoms with Crippen LogP contribution in [-0.4, -0.2) is 98.0 Å². The van der Waals surface area contributed by atoms with Crippen molar-refractivity contribution in [3.05, 3.63) is 59.7 Å². The lowest BCUT2D eigenvalue weighted by atomic mass is 10.5. The van der Waals surface area contributed by atoms with Crippen molar-refractivity contribution < 1.29 is 0 Å². The third-order valence-electron chi connectivity index (χ3n) is 7.45. The van der Waals surface area contributed by atoms with E-state index in [1.807, 2.05) is 21.1 Å². The molecule has 0 saturated heterocycles. The molecule has 0 unspecified atom stereocenters. The summed E-state index contributed by atoms with van der Waals surface area (Å²) in [7, 11) is 7.29. The van der Waals surface area contributed by atoms with E-state index in [4.69, 9.17) is 46.0 Å². The highest BCUT2D eigenvalue weighted by molar-refractivity contribution is 6.33. The van der Waals surface area contributed by atoms with Gasteiger partial charge in [0.1, 0.15) is 28.4 Å². The molecule has 0 aliphatic rings. The number of nitrogens with one attached hydrogen (secondary N) is 2. The summed E-state index contributed by atoms with van der Waals surface area (Å²) in [6.45, 7) is 0. The number of halogens is 1. The van der Waals surface area contributed by atoms with Crippen LogP contribution < -0.4 is 40.0 Å². The molecule has 0 bridgehead atoms. The molecule has 28 heteroatoms. The molecule has 0 atom stereocenters. The zero-order chi connectivity index (χ0) is 41.0. The number of nitrogens with zero attached hydrogens (tertiary/aromatic N) is 18. The smallest absolute Gasteiger partial charge is 0.280 e. The van der Waals surface area contributed by atoms with Gasteiger partial charge in [-0.25, -0.2) is 39.9 Å². The Labute approximate surface area is 322 Å². The fourth-order valence-electron chi connectivity index (χ4n) is 4.79. The minimum Gasteiger partial charge on any atom is -0.382 e. The highest BCUT2D eigenvalue weighted by Gasteiger charge is 2.09. The Hall–Kier alpha value is -8.36. The van der Waals surface area contributed by atoms with Gasteiger partial charge in [-0.05, 0) is 0 Å². The first-order valence-electron chi connectivity index (χ1n) is 16.0. The number of hydrogen-bond acceptors (Lipinski definition) is 21. The Morgan fingerprint density at radius 1 is 0.561 bits per heavy atom. The quantitative estimate of drug-likeness (QED) is 0.0874. The van der Waals surface area contributed by atoms with E-state index < -0.39 is 0 Å². The molecular formula is C29H33ClN26O. The number of aromatic nitrogens is 20. The minimum absolute atomic E-state index is 0.108. The molecule has 10 heterocycles. The lowest BCUT2D eigenvalue weighted by Gasteiger charge is -1.95. The fraction of sp³-hybridized carbons (Fsp3) is 0.138. The summed E-state index contributed by atoms with van der Waals surface area (Å²) in [6, 6.07) is 0. The highest BCUT2D eigenvalue weighted by Crippen LogP contribution is 2.18. The van der Waals surface area contributed by atoms with Gasteiger partial charge in [0.05, 0.1) is 37.8 Å². The lowest BCUT2D eigenvalue weighted by Crippen LogP contribution is -2.11. The Morgan fingerprint density at radius 3 is 1.88 bits per heavy atom. The van der Waals surface area contributed by atoms with Gasteiger partial charge in [-0.1, -0.05) is 11.6 Å². The van der Waals surface area contributed by atoms with Crippen molar-refractivity contribution >= 4 is 103 Å². The molecule has 0 spiro atoms. The predicted octanol–water partition coefficient (Wildman–Crippen LogP) is -0.754. The molecule has 0 fully saturated rings. The lowest BCUT2D eigenvalue weighted by molar-refractivity contribution is 0.928. The summed E-state index contributed by atoms with van der Waals surface area (Å²) in [6.07, 6.45) is 11.0. The van der Waals surface area contributed by atoms with Crippen molar-refractivity contribution in [2.24, 2.45) is 28.2 Å². The van der Waals surface area contributed by atoms with Crippen LogP contribution in [0.5, 0.6) is 0 Å². The zero-order valence-electron chi connectivity index (χ0n) is 30.3. The zero-order valence-corrected chi connectivity index (χ0v) is 31.1. The average molecular weight is 797 g/mol. The van der Waals surface area contributed by atoms with Crippen LogP contribution in [0.4, 0.5) is 35.4 Å². The third-order valence-corrected chi connectivity index (χ3v) is 7.72. The predicted molar refractivity (Wildman–Crippen MR) is 211 cm³/mol. The third kappa shape index (κ3) is 8.41. The molecule has 0 saturated carbocycles. The van der Waals surface area contributed by atoms with Crippen LogP contribution >= 0.6 is 11.6 Å². The van der Waals surface area contributed by atoms with Crippen LogP contribution in [0.1, 0.15) is 0 Å². The second kappa shape index (κ2) is 15.9. The highest BCUT2D eigenvalue weighted by atomic mass is 35.5. The van der Waals surface area contributed by atoms with Crippen LogP contribution in [0.2, 0.25) is 5.15 Å². The molecule has 14 N–H and O–H groups in total. The maximum atomic E-state index is 11.2. The first kappa shape index (κ1) is 38.4. The van der Waals surface area contributed by atoms with E-state index in [0.29, 0.717) is 50.6 Å². The molecule has 0 aliphatic heterocycles. The second-order valence-corrected chi connectivity index (χ2v) is 11.9. The summed E-state index contributed by atoms with van der Waals surface area (Å²) in [5, 5.41) is 0.290. The summed E-state index contributed by atoms with van der Waals surface area (Å²) < 4.78 is 6.97. The van der Waals surface area contributed by atoms with E-state index in [9.17, 15) is 4.79 Å². The maximum Gasteiger partial charge on any atom is 0.280 e. The van der Waals surface area contributed by atoms with Crippen LogP contribution in [0, 0.1) is 0 Å². The molecular weight excluding hydrogens is 764 g/mol. The number of H-pyrrole nitrogens is 2. The number of nitrogen functional groups attached to an aromatic ring is 6. The Morgan fingerprint density at radius 2 is 1.16 bits per heavy atom. The van der Waals surface area contributed by atoms with E-state index >= 15 is 0 Å². The Bertz CT molecular complexity index is 3040. The number of fused-ring (bicyclic) bond motifs is 5. The Balaban J connectivity index is 0.000000120. The van der Waals surface area contributed by atoms with Crippen molar-refractivity contribution in [2.45, 2.75) is 0 Å². The number of anilines is 6. The molecule has 10 rings (SSSR count). The number of imidazole rings is 5. The largest absolute Gasteiger partial charge is 0.382 e. The molecule has 57 heavy (non-hydrogen) atoms. The standard InChI is InChI=1S/C6H6ClN5.C6H7N5O.2C6H7N5.C5H6N6/c1-12-2-9-3-4(7)10-6(8)11-5(3)12;1-11-2-8-3-4(11)9-6(7)10-5(3)12;1-11-3-10-4-5(7)8-2-9-6(4)11;1-11-3-9-4-2-8-6(7)10-5(4)11;6-3-2-4(9-1-8-2)11-5(7)10-3/h2H,1H3,(H2,8,10,11);2H,1H3,(H3,7,9,10,12);2-3H,1H3,(H2,7,8,9);2-3H,1H3,(H2,7,8,10);1H,(H5,6,7,8,9,10,11). The molecule has 10 aromatic heterocycles. The summed E-state index contributed by atoms with van der Waals surface area (Å²) in [4.78, 5) is 71.0. The molecule has 0 amide bonds. The maximum absolute atomic E-state index is 11.2. The summed E-state index contributed by atoms with van der Waals surface area (Å²) in [5.41, 5.74) is 38.3. The number of aromatic amines is 2. The van der Waals surface area contributed by atoms with Crippen molar-refractivity contribution in [1.29, 1.82) is 0 Å². The van der Waals surface area contributed by atoms with Gasteiger partial charge < -0.3 is 57.7 Å². The van der Waals surface area contributed by atoms with Crippen molar-refractivity contribution in [3.63, 3.8) is 0 Å². The van der Waals surface area contributed by atoms with Gasteiger partial charge in [0.2, 0.25) is 23.8 Å². The SMILES string of the molecule is Cn1cnc2c(=O)[nH]c(N)nc21.Cn1cnc2c(Cl)nc(N)nc21.Cn1cnc2c(N)ncnc21.Cn1cnc2cnc(N)nc21.Nc1nc(N)c2[nH]cnc2n1. The van der Waals surface area contributed by atoms with Crippen LogP contribution in [0.25, 0.3) is 55.8 Å². The minimum atomic E-state index is -0.307. The Kier molecular flexibility index (Phi) is 10.7. The number of hydrogen-bond donors (Lipinski definition) is 8. The molecule has 10 aromatic rings. The van der Waals surface area contributed by atoms with Crippen LogP contribution in [-0.2, 0) is 28.2 Å². The fourth-order valence-corrected chi connectivity index (χ4v) is 5.01. The topological polar surface area (TPSA) is 405 Å². The average Bonchev–Trinajstić information content (AvgIpc) is 4.01. The molecule has 0 aromatic carbocycles. The van der Waals surface area contributed by atoms with Gasteiger partial charge in [-0.15, -0.1) is 0 Å². The van der Waals surface area contributed by atoms with Crippen molar-refractivity contribution in [1.82, 2.24) is 98.0 Å². The van der Waals surface area contributed by atoms with E-state index in [2.05, 4.69) is 79.7 Å². The number of rotatable bonds is 0. The van der Waals surface area contributed by atoms with E-state index in [-0.39, 0.29) is 34.5 Å². The molecule has 0 aliphatic carbocycles. The van der Waals surface area contributed by atoms with E-state index in [1.54, 1.807) is 50.5 Å². The normalized spacial score (nSPS) is 10.7. The van der Waals surface area contributed by atoms with Gasteiger partial charge >= 0.3 is 0 Å².